The van der Waals surface area contributed by atoms with Crippen molar-refractivity contribution in [1.82, 2.24) is 14.5 Å². The predicted octanol–water partition coefficient (Wildman–Crippen LogP) is 1.63. The Hall–Kier alpha value is -1.08. The summed E-state index contributed by atoms with van der Waals surface area (Å²) in [7, 11) is 1.42. The summed E-state index contributed by atoms with van der Waals surface area (Å²) in [5.74, 6) is 0.496. The van der Waals surface area contributed by atoms with Crippen LogP contribution in [0.3, 0.4) is 0 Å². The van der Waals surface area contributed by atoms with Gasteiger partial charge in [-0.1, -0.05) is 6.92 Å². The van der Waals surface area contributed by atoms with E-state index in [9.17, 15) is 13.2 Å². The Morgan fingerprint density at radius 3 is 2.40 bits per heavy atom. The van der Waals surface area contributed by atoms with E-state index in [1.54, 1.807) is 9.47 Å². The monoisotopic (exact) mass is 321 g/mol. The molecule has 0 aliphatic carbocycles. The van der Waals surface area contributed by atoms with E-state index < -0.39 is 9.05 Å². The Bertz CT molecular complexity index is 565. The molecule has 0 saturated heterocycles. The zero-order valence-electron chi connectivity index (χ0n) is 12.0. The zero-order valence-corrected chi connectivity index (χ0v) is 13.5. The average molecular weight is 322 g/mol. The summed E-state index contributed by atoms with van der Waals surface area (Å²) in [5.41, 5.74) is 0. The van der Waals surface area contributed by atoms with Gasteiger partial charge in [-0.15, -0.1) is 0 Å². The van der Waals surface area contributed by atoms with Gasteiger partial charge in [-0.3, -0.25) is 4.79 Å². The average Bonchev–Trinajstić information content (AvgIpc) is 2.74. The molecule has 0 radical (unpaired) electrons. The molecule has 0 saturated carbocycles. The largest absolute Gasteiger partial charge is 0.342 e. The second-order valence-corrected chi connectivity index (χ2v) is 6.89. The molecular formula is C12H20ClN3O3S. The van der Waals surface area contributed by atoms with Crippen molar-refractivity contribution in [3.8, 4) is 0 Å². The van der Waals surface area contributed by atoms with Crippen LogP contribution in [0.15, 0.2) is 11.2 Å². The van der Waals surface area contributed by atoms with Crippen LogP contribution in [0.25, 0.3) is 0 Å². The molecule has 0 fully saturated rings. The van der Waals surface area contributed by atoms with Crippen LogP contribution in [0.5, 0.6) is 0 Å². The van der Waals surface area contributed by atoms with Gasteiger partial charge in [0.2, 0.25) is 5.91 Å². The number of aromatic nitrogens is 2. The second kappa shape index (κ2) is 7.08. The zero-order chi connectivity index (χ0) is 15.3. The molecule has 0 aliphatic heterocycles. The summed E-state index contributed by atoms with van der Waals surface area (Å²) in [4.78, 5) is 17.8. The van der Waals surface area contributed by atoms with Crippen molar-refractivity contribution in [3.63, 3.8) is 0 Å². The van der Waals surface area contributed by atoms with Crippen LogP contribution in [-0.4, -0.2) is 41.9 Å². The molecular weight excluding hydrogens is 302 g/mol. The summed E-state index contributed by atoms with van der Waals surface area (Å²) >= 11 is 0. The van der Waals surface area contributed by atoms with Gasteiger partial charge in [0.15, 0.2) is 5.03 Å². The molecule has 0 aliphatic rings. The molecule has 8 heteroatoms. The number of hydrogen-bond acceptors (Lipinski definition) is 4. The maximum Gasteiger partial charge on any atom is 0.280 e. The highest BCUT2D eigenvalue weighted by Gasteiger charge is 2.19. The standard InChI is InChI=1S/C12H20ClN3O3S/c1-4-7-10-14-11(20(13,18)19)8-16(10)9-12(17)15(5-2)6-3/h8H,4-7,9H2,1-3H3. The van der Waals surface area contributed by atoms with Gasteiger partial charge in [-0.05, 0) is 20.3 Å². The van der Waals surface area contributed by atoms with Crippen molar-refractivity contribution in [2.45, 2.75) is 45.2 Å². The van der Waals surface area contributed by atoms with Gasteiger partial charge in [-0.25, -0.2) is 13.4 Å². The Morgan fingerprint density at radius 2 is 1.95 bits per heavy atom. The maximum atomic E-state index is 12.1. The fourth-order valence-electron chi connectivity index (χ4n) is 1.93. The highest BCUT2D eigenvalue weighted by atomic mass is 35.7. The molecule has 20 heavy (non-hydrogen) atoms. The third-order valence-corrected chi connectivity index (χ3v) is 4.15. The molecule has 114 valence electrons. The lowest BCUT2D eigenvalue weighted by Crippen LogP contribution is -2.33. The Morgan fingerprint density at radius 1 is 1.35 bits per heavy atom. The Balaban J connectivity index is 3.04. The maximum absolute atomic E-state index is 12.1. The summed E-state index contributed by atoms with van der Waals surface area (Å²) in [5, 5.41) is -0.199. The second-order valence-electron chi connectivity index (χ2n) is 4.38. The van der Waals surface area contributed by atoms with Gasteiger partial charge >= 0.3 is 0 Å². The lowest BCUT2D eigenvalue weighted by atomic mass is 10.3. The van der Waals surface area contributed by atoms with E-state index in [1.165, 1.54) is 6.20 Å². The highest BCUT2D eigenvalue weighted by molar-refractivity contribution is 8.13. The molecule has 0 unspecified atom stereocenters. The fourth-order valence-corrected chi connectivity index (χ4v) is 2.62. The molecule has 1 aromatic rings. The van der Waals surface area contributed by atoms with Crippen molar-refractivity contribution >= 4 is 25.6 Å². The van der Waals surface area contributed by atoms with Gasteiger partial charge in [0.1, 0.15) is 12.4 Å². The number of nitrogens with zero attached hydrogens (tertiary/aromatic N) is 3. The number of likely N-dealkylation sites (N-methyl/N-ethyl adjacent to an activating group) is 1. The quantitative estimate of drug-likeness (QED) is 0.716. The molecule has 1 rings (SSSR count). The van der Waals surface area contributed by atoms with Gasteiger partial charge in [-0.2, -0.15) is 0 Å². The normalized spacial score (nSPS) is 11.6. The number of carbonyl (C=O) groups is 1. The van der Waals surface area contributed by atoms with Gasteiger partial charge in [0.25, 0.3) is 9.05 Å². The molecule has 6 nitrogen and oxygen atoms in total. The van der Waals surface area contributed by atoms with E-state index in [-0.39, 0.29) is 17.5 Å². The van der Waals surface area contributed by atoms with Crippen LogP contribution in [0.2, 0.25) is 0 Å². The van der Waals surface area contributed by atoms with Crippen LogP contribution < -0.4 is 0 Å². The molecule has 0 atom stereocenters. The van der Waals surface area contributed by atoms with E-state index in [1.807, 2.05) is 20.8 Å². The van der Waals surface area contributed by atoms with Crippen LogP contribution in [0, 0.1) is 0 Å². The van der Waals surface area contributed by atoms with Crippen molar-refractivity contribution in [3.05, 3.63) is 12.0 Å². The smallest absolute Gasteiger partial charge is 0.280 e. The minimum absolute atomic E-state index is 0.0664. The van der Waals surface area contributed by atoms with Gasteiger partial charge in [0.05, 0.1) is 0 Å². The van der Waals surface area contributed by atoms with E-state index in [0.29, 0.717) is 25.3 Å². The first-order valence-corrected chi connectivity index (χ1v) is 8.92. The van der Waals surface area contributed by atoms with Crippen LogP contribution >= 0.6 is 10.7 Å². The minimum atomic E-state index is -3.87. The summed E-state index contributed by atoms with van der Waals surface area (Å²) in [6.45, 7) is 7.08. The van der Waals surface area contributed by atoms with Gasteiger partial charge < -0.3 is 9.47 Å². The first kappa shape index (κ1) is 17.0. The van der Waals surface area contributed by atoms with Crippen LogP contribution in [0.4, 0.5) is 0 Å². The minimum Gasteiger partial charge on any atom is -0.342 e. The highest BCUT2D eigenvalue weighted by Crippen LogP contribution is 2.15. The van der Waals surface area contributed by atoms with E-state index >= 15 is 0 Å². The van der Waals surface area contributed by atoms with Crippen molar-refractivity contribution in [2.75, 3.05) is 13.1 Å². The van der Waals surface area contributed by atoms with Gasteiger partial charge in [0, 0.05) is 36.4 Å². The number of carbonyl (C=O) groups excluding carboxylic acids is 1. The first-order chi connectivity index (χ1) is 9.33. The molecule has 0 N–H and O–H groups in total. The van der Waals surface area contributed by atoms with Crippen molar-refractivity contribution in [2.24, 2.45) is 0 Å². The fraction of sp³-hybridized carbons (Fsp3) is 0.667. The van der Waals surface area contributed by atoms with E-state index in [4.69, 9.17) is 10.7 Å². The Labute approximate surface area is 124 Å². The molecule has 0 aromatic carbocycles. The number of amides is 1. The van der Waals surface area contributed by atoms with Crippen molar-refractivity contribution < 1.29 is 13.2 Å². The third-order valence-electron chi connectivity index (χ3n) is 2.98. The molecule has 0 spiro atoms. The topological polar surface area (TPSA) is 72.3 Å². The SMILES string of the molecule is CCCc1nc(S(=O)(=O)Cl)cn1CC(=O)N(CC)CC. The van der Waals surface area contributed by atoms with E-state index in [2.05, 4.69) is 4.98 Å². The number of aryl methyl sites for hydroxylation is 1. The number of imidazole rings is 1. The lowest BCUT2D eigenvalue weighted by Gasteiger charge is -2.19. The molecule has 1 aromatic heterocycles. The molecule has 1 amide bonds. The predicted molar refractivity (Wildman–Crippen MR) is 77.2 cm³/mol. The van der Waals surface area contributed by atoms with Crippen LogP contribution in [-0.2, 0) is 26.8 Å². The molecule has 1 heterocycles. The molecule has 0 bridgehead atoms. The lowest BCUT2D eigenvalue weighted by molar-refractivity contribution is -0.131. The van der Waals surface area contributed by atoms with Crippen LogP contribution in [0.1, 0.15) is 33.0 Å². The summed E-state index contributed by atoms with van der Waals surface area (Å²) in [6.07, 6.45) is 2.73. The number of rotatable bonds is 7. The number of halogens is 1. The first-order valence-electron chi connectivity index (χ1n) is 6.61. The summed E-state index contributed by atoms with van der Waals surface area (Å²) < 4.78 is 24.2. The Kier molecular flexibility index (Phi) is 6.01. The van der Waals surface area contributed by atoms with E-state index in [0.717, 1.165) is 6.42 Å². The third kappa shape index (κ3) is 4.21. The number of hydrogen-bond donors (Lipinski definition) is 0. The van der Waals surface area contributed by atoms with Crippen molar-refractivity contribution in [1.29, 1.82) is 0 Å². The summed E-state index contributed by atoms with van der Waals surface area (Å²) in [6, 6.07) is 0.